The fraction of sp³-hybridized carbons (Fsp3) is 0.619. The minimum absolute atomic E-state index is 0.0677. The maximum atomic E-state index is 12.5. The molecule has 33 heavy (non-hydrogen) atoms. The highest BCUT2D eigenvalue weighted by atomic mass is 32.1. The van der Waals surface area contributed by atoms with Crippen LogP contribution in [-0.2, 0) is 46.5 Å². The Morgan fingerprint density at radius 2 is 1.97 bits per heavy atom. The van der Waals surface area contributed by atoms with Gasteiger partial charge < -0.3 is 32.8 Å². The number of ether oxygens (including phenoxy) is 5. The largest absolute Gasteiger partial charge is 0.457 e. The third-order valence-electron chi connectivity index (χ3n) is 4.86. The van der Waals surface area contributed by atoms with Gasteiger partial charge in [0.05, 0.1) is 31.4 Å². The number of esters is 2. The molecule has 0 amide bonds. The summed E-state index contributed by atoms with van der Waals surface area (Å²) < 4.78 is 30.3. The van der Waals surface area contributed by atoms with E-state index in [1.54, 1.807) is 30.7 Å². The maximum absolute atomic E-state index is 12.5. The summed E-state index contributed by atoms with van der Waals surface area (Å²) in [6.07, 6.45) is 0.516. The molecule has 12 heteroatoms. The van der Waals surface area contributed by atoms with Gasteiger partial charge in [-0.05, 0) is 46.0 Å². The summed E-state index contributed by atoms with van der Waals surface area (Å²) in [5.74, 6) is -2.26. The average Bonchev–Trinajstić information content (AvgIpc) is 3.14. The zero-order valence-electron chi connectivity index (χ0n) is 19.1. The number of aromatic amines is 1. The normalized spacial score (nSPS) is 16.3. The Morgan fingerprint density at radius 1 is 1.27 bits per heavy atom. The second-order valence-electron chi connectivity index (χ2n) is 8.31. The van der Waals surface area contributed by atoms with E-state index in [4.69, 9.17) is 35.9 Å². The van der Waals surface area contributed by atoms with Crippen LogP contribution in [0.3, 0.4) is 0 Å². The van der Waals surface area contributed by atoms with Gasteiger partial charge >= 0.3 is 11.9 Å². The first kappa shape index (κ1) is 25.1. The molecule has 0 saturated carbocycles. The molecule has 1 fully saturated rings. The van der Waals surface area contributed by atoms with Gasteiger partial charge in [0.1, 0.15) is 18.0 Å². The minimum atomic E-state index is -0.783. The Bertz CT molecular complexity index is 1110. The highest BCUT2D eigenvalue weighted by Crippen LogP contribution is 2.19. The van der Waals surface area contributed by atoms with Gasteiger partial charge in [-0.15, -0.1) is 0 Å². The van der Waals surface area contributed by atoms with E-state index in [-0.39, 0.29) is 30.8 Å². The van der Waals surface area contributed by atoms with Gasteiger partial charge in [-0.3, -0.25) is 19.4 Å². The smallest absolute Gasteiger partial charge is 0.318 e. The van der Waals surface area contributed by atoms with Crippen molar-refractivity contribution in [3.05, 3.63) is 27.4 Å². The van der Waals surface area contributed by atoms with Crippen molar-refractivity contribution < 1.29 is 33.3 Å². The van der Waals surface area contributed by atoms with Crippen LogP contribution in [0.5, 0.6) is 0 Å². The predicted molar refractivity (Wildman–Crippen MR) is 119 cm³/mol. The van der Waals surface area contributed by atoms with Gasteiger partial charge in [-0.1, -0.05) is 0 Å². The number of fused-ring (bicyclic) bond motifs is 1. The number of carbonyl (C=O) groups is 2. The molecular formula is C21H29N3O8S. The lowest BCUT2D eigenvalue weighted by Gasteiger charge is -2.34. The molecule has 0 bridgehead atoms. The summed E-state index contributed by atoms with van der Waals surface area (Å²) in [5.41, 5.74) is 0.478. The first-order chi connectivity index (χ1) is 15.6. The zero-order valence-corrected chi connectivity index (χ0v) is 19.9. The van der Waals surface area contributed by atoms with Gasteiger partial charge in [0, 0.05) is 12.7 Å². The topological polar surface area (TPSA) is 123 Å². The number of H-pyrrole nitrogens is 1. The quantitative estimate of drug-likeness (QED) is 0.323. The van der Waals surface area contributed by atoms with Crippen molar-refractivity contribution in [2.75, 3.05) is 19.8 Å². The summed E-state index contributed by atoms with van der Waals surface area (Å²) in [7, 11) is 0. The Kier molecular flexibility index (Phi) is 8.05. The second-order valence-corrected chi connectivity index (χ2v) is 8.69. The van der Waals surface area contributed by atoms with Crippen molar-refractivity contribution in [3.8, 4) is 0 Å². The Morgan fingerprint density at radius 3 is 2.64 bits per heavy atom. The van der Waals surface area contributed by atoms with Crippen molar-refractivity contribution in [1.29, 1.82) is 0 Å². The zero-order chi connectivity index (χ0) is 24.2. The van der Waals surface area contributed by atoms with Gasteiger partial charge in [0.15, 0.2) is 17.3 Å². The van der Waals surface area contributed by atoms with Crippen LogP contribution in [0.2, 0.25) is 0 Å². The molecule has 0 unspecified atom stereocenters. The average molecular weight is 484 g/mol. The van der Waals surface area contributed by atoms with E-state index in [9.17, 15) is 14.4 Å². The van der Waals surface area contributed by atoms with Gasteiger partial charge in [-0.2, -0.15) is 0 Å². The van der Waals surface area contributed by atoms with E-state index in [0.717, 1.165) is 0 Å². The van der Waals surface area contributed by atoms with Crippen molar-refractivity contribution >= 4 is 35.2 Å². The SMILES string of the molecule is CC(C)OCCn1c(=S)[nH]c(=O)c2c1ccn2COC(=O)CC(=O)OC1COC(C)(C)OC1. The number of hydrogen-bond donors (Lipinski definition) is 1. The summed E-state index contributed by atoms with van der Waals surface area (Å²) >= 11 is 5.28. The van der Waals surface area contributed by atoms with Crippen LogP contribution < -0.4 is 5.56 Å². The van der Waals surface area contributed by atoms with Crippen molar-refractivity contribution in [2.45, 2.75) is 65.4 Å². The van der Waals surface area contributed by atoms with E-state index in [2.05, 4.69) is 4.98 Å². The lowest BCUT2D eigenvalue weighted by molar-refractivity contribution is -0.276. The number of aromatic nitrogens is 3. The second kappa shape index (κ2) is 10.6. The fourth-order valence-electron chi connectivity index (χ4n) is 3.25. The van der Waals surface area contributed by atoms with E-state index in [1.165, 1.54) is 4.57 Å². The van der Waals surface area contributed by atoms with Crippen molar-refractivity contribution in [1.82, 2.24) is 14.1 Å². The molecule has 0 aromatic carbocycles. The molecule has 1 N–H and O–H groups in total. The van der Waals surface area contributed by atoms with Gasteiger partial charge in [0.25, 0.3) is 5.56 Å². The number of nitrogens with zero attached hydrogens (tertiary/aromatic N) is 2. The highest BCUT2D eigenvalue weighted by Gasteiger charge is 2.30. The molecule has 1 aliphatic heterocycles. The van der Waals surface area contributed by atoms with Crippen LogP contribution in [0.1, 0.15) is 34.1 Å². The van der Waals surface area contributed by atoms with Crippen molar-refractivity contribution in [3.63, 3.8) is 0 Å². The number of nitrogens with one attached hydrogen (secondary N) is 1. The lowest BCUT2D eigenvalue weighted by Crippen LogP contribution is -2.44. The first-order valence-electron chi connectivity index (χ1n) is 10.6. The molecule has 1 aliphatic rings. The Hall–Kier alpha value is -2.54. The molecule has 2 aromatic heterocycles. The Balaban J connectivity index is 1.58. The first-order valence-corrected chi connectivity index (χ1v) is 11.0. The summed E-state index contributed by atoms with van der Waals surface area (Å²) in [6.45, 7) is 8.36. The third kappa shape index (κ3) is 6.73. The van der Waals surface area contributed by atoms with E-state index >= 15 is 0 Å². The standard InChI is InChI=1S/C21H29N3O8S/c1-13(2)28-8-7-24-15-5-6-23(18(15)19(27)22-20(24)33)12-29-16(25)9-17(26)32-14-10-30-21(3,4)31-11-14/h5-6,13-14H,7-12H2,1-4H3,(H,22,27,33). The van der Waals surface area contributed by atoms with Crippen molar-refractivity contribution in [2.24, 2.45) is 0 Å². The number of carbonyl (C=O) groups excluding carboxylic acids is 2. The molecule has 0 radical (unpaired) electrons. The van der Waals surface area contributed by atoms with Gasteiger partial charge in [-0.25, -0.2) is 0 Å². The van der Waals surface area contributed by atoms with Crippen LogP contribution in [0.15, 0.2) is 17.1 Å². The van der Waals surface area contributed by atoms with E-state index < -0.39 is 35.8 Å². The van der Waals surface area contributed by atoms with Crippen LogP contribution >= 0.6 is 12.2 Å². The maximum Gasteiger partial charge on any atom is 0.318 e. The summed E-state index contributed by atoms with van der Waals surface area (Å²) in [6, 6.07) is 1.71. The number of hydrogen-bond acceptors (Lipinski definition) is 9. The van der Waals surface area contributed by atoms with E-state index in [0.29, 0.717) is 24.2 Å². The molecule has 0 spiro atoms. The molecule has 0 aliphatic carbocycles. The molecule has 3 rings (SSSR count). The molecule has 0 atom stereocenters. The predicted octanol–water partition coefficient (Wildman–Crippen LogP) is 1.87. The lowest BCUT2D eigenvalue weighted by atomic mass is 10.3. The number of rotatable bonds is 9. The van der Waals surface area contributed by atoms with Gasteiger partial charge in [0.2, 0.25) is 0 Å². The van der Waals surface area contributed by atoms with E-state index in [1.807, 2.05) is 13.8 Å². The molecule has 11 nitrogen and oxygen atoms in total. The minimum Gasteiger partial charge on any atom is -0.457 e. The molecule has 2 aromatic rings. The molecule has 182 valence electrons. The summed E-state index contributed by atoms with van der Waals surface area (Å²) in [4.78, 5) is 39.2. The molecular weight excluding hydrogens is 454 g/mol. The van der Waals surface area contributed by atoms with Crippen LogP contribution in [0.25, 0.3) is 11.0 Å². The molecule has 1 saturated heterocycles. The monoisotopic (exact) mass is 483 g/mol. The Labute approximate surface area is 195 Å². The third-order valence-corrected chi connectivity index (χ3v) is 5.19. The fourth-order valence-corrected chi connectivity index (χ4v) is 3.53. The molecule has 3 heterocycles. The van der Waals surface area contributed by atoms with Crippen LogP contribution in [0, 0.1) is 4.77 Å². The summed E-state index contributed by atoms with van der Waals surface area (Å²) in [5, 5.41) is 0. The van der Waals surface area contributed by atoms with Crippen LogP contribution in [-0.4, -0.2) is 63.9 Å². The highest BCUT2D eigenvalue weighted by molar-refractivity contribution is 7.71. The van der Waals surface area contributed by atoms with Crippen LogP contribution in [0.4, 0.5) is 0 Å².